The van der Waals surface area contributed by atoms with Crippen molar-refractivity contribution in [3.05, 3.63) is 83.2 Å². The number of aryl methyl sites for hydroxylation is 1. The predicted molar refractivity (Wildman–Crippen MR) is 91.6 cm³/mol. The maximum Gasteiger partial charge on any atom is 0.243 e. The average molecular weight is 311 g/mol. The summed E-state index contributed by atoms with van der Waals surface area (Å²) in [5.41, 5.74) is 2.93. The Balaban J connectivity index is 1.74. The standard InChI is InChI=1S/C20H22FNO/c1-16(11-12-17-7-3-2-4-8-17)15-20(23)22-14-13-18-9-5-6-10-19(18)21/h2-10,15H,11-14H2,1H3,(H,22,23)/b16-15-. The first-order valence-corrected chi connectivity index (χ1v) is 7.87. The van der Waals surface area contributed by atoms with Crippen LogP contribution in [-0.2, 0) is 17.6 Å². The van der Waals surface area contributed by atoms with Gasteiger partial charge in [-0.15, -0.1) is 0 Å². The van der Waals surface area contributed by atoms with E-state index in [-0.39, 0.29) is 11.7 Å². The van der Waals surface area contributed by atoms with Gasteiger partial charge in [0.15, 0.2) is 0 Å². The summed E-state index contributed by atoms with van der Waals surface area (Å²) in [4.78, 5) is 11.9. The molecule has 2 aromatic carbocycles. The highest BCUT2D eigenvalue weighted by Gasteiger charge is 2.02. The van der Waals surface area contributed by atoms with Crippen molar-refractivity contribution < 1.29 is 9.18 Å². The monoisotopic (exact) mass is 311 g/mol. The highest BCUT2D eigenvalue weighted by molar-refractivity contribution is 5.88. The molecule has 2 aromatic rings. The largest absolute Gasteiger partial charge is 0.352 e. The molecule has 0 aromatic heterocycles. The minimum absolute atomic E-state index is 0.119. The van der Waals surface area contributed by atoms with Crippen LogP contribution in [0.2, 0.25) is 0 Å². The van der Waals surface area contributed by atoms with Gasteiger partial charge in [0.05, 0.1) is 0 Å². The van der Waals surface area contributed by atoms with Crippen molar-refractivity contribution in [1.29, 1.82) is 0 Å². The van der Waals surface area contributed by atoms with Gasteiger partial charge in [-0.3, -0.25) is 4.79 Å². The second-order valence-electron chi connectivity index (χ2n) is 5.61. The first-order valence-electron chi connectivity index (χ1n) is 7.87. The molecule has 2 rings (SSSR count). The van der Waals surface area contributed by atoms with Gasteiger partial charge in [0.25, 0.3) is 0 Å². The summed E-state index contributed by atoms with van der Waals surface area (Å²) < 4.78 is 13.5. The molecule has 0 unspecified atom stereocenters. The van der Waals surface area contributed by atoms with Crippen molar-refractivity contribution in [3.8, 4) is 0 Å². The molecule has 0 aliphatic rings. The fourth-order valence-electron chi connectivity index (χ4n) is 2.35. The highest BCUT2D eigenvalue weighted by Crippen LogP contribution is 2.09. The average Bonchev–Trinajstić information content (AvgIpc) is 2.56. The van der Waals surface area contributed by atoms with Gasteiger partial charge in [0.1, 0.15) is 5.82 Å². The van der Waals surface area contributed by atoms with E-state index in [1.54, 1.807) is 24.3 Å². The second-order valence-corrected chi connectivity index (χ2v) is 5.61. The maximum absolute atomic E-state index is 13.5. The summed E-state index contributed by atoms with van der Waals surface area (Å²) in [5, 5.41) is 2.81. The lowest BCUT2D eigenvalue weighted by molar-refractivity contribution is -0.116. The fraction of sp³-hybridized carbons (Fsp3) is 0.250. The summed E-state index contributed by atoms with van der Waals surface area (Å²) in [7, 11) is 0. The van der Waals surface area contributed by atoms with Crippen LogP contribution in [0.3, 0.4) is 0 Å². The van der Waals surface area contributed by atoms with E-state index in [1.165, 1.54) is 11.6 Å². The molecular formula is C20H22FNO. The van der Waals surface area contributed by atoms with Crippen LogP contribution in [0.25, 0.3) is 0 Å². The smallest absolute Gasteiger partial charge is 0.243 e. The van der Waals surface area contributed by atoms with Gasteiger partial charge in [-0.2, -0.15) is 0 Å². The van der Waals surface area contributed by atoms with Crippen molar-refractivity contribution in [2.45, 2.75) is 26.2 Å². The molecule has 0 spiro atoms. The first-order chi connectivity index (χ1) is 11.1. The van der Waals surface area contributed by atoms with Crippen LogP contribution in [0.5, 0.6) is 0 Å². The van der Waals surface area contributed by atoms with Gasteiger partial charge in [0, 0.05) is 12.6 Å². The summed E-state index contributed by atoms with van der Waals surface area (Å²) in [6.07, 6.45) is 3.90. The molecular weight excluding hydrogens is 289 g/mol. The van der Waals surface area contributed by atoms with Gasteiger partial charge in [-0.1, -0.05) is 54.1 Å². The highest BCUT2D eigenvalue weighted by atomic mass is 19.1. The Bertz CT molecular complexity index is 664. The zero-order chi connectivity index (χ0) is 16.5. The van der Waals surface area contributed by atoms with E-state index in [2.05, 4.69) is 17.4 Å². The minimum Gasteiger partial charge on any atom is -0.352 e. The molecule has 2 nitrogen and oxygen atoms in total. The van der Waals surface area contributed by atoms with E-state index >= 15 is 0 Å². The van der Waals surface area contributed by atoms with Crippen molar-refractivity contribution >= 4 is 5.91 Å². The molecule has 23 heavy (non-hydrogen) atoms. The molecule has 0 saturated carbocycles. The Morgan fingerprint density at radius 1 is 1.04 bits per heavy atom. The number of rotatable bonds is 7. The molecule has 0 atom stereocenters. The number of amides is 1. The molecule has 0 fully saturated rings. The van der Waals surface area contributed by atoms with Crippen LogP contribution in [0, 0.1) is 5.82 Å². The van der Waals surface area contributed by atoms with Gasteiger partial charge in [-0.25, -0.2) is 4.39 Å². The third-order valence-corrected chi connectivity index (χ3v) is 3.68. The molecule has 0 radical (unpaired) electrons. The number of hydrogen-bond acceptors (Lipinski definition) is 1. The van der Waals surface area contributed by atoms with Gasteiger partial charge in [-0.05, 0) is 43.4 Å². The fourth-order valence-corrected chi connectivity index (χ4v) is 2.35. The van der Waals surface area contributed by atoms with E-state index in [1.807, 2.05) is 25.1 Å². The quantitative estimate of drug-likeness (QED) is 0.768. The summed E-state index contributed by atoms with van der Waals surface area (Å²) in [5.74, 6) is -0.344. The topological polar surface area (TPSA) is 29.1 Å². The Labute approximate surface area is 137 Å². The maximum atomic E-state index is 13.5. The number of nitrogens with one attached hydrogen (secondary N) is 1. The zero-order valence-electron chi connectivity index (χ0n) is 13.4. The van der Waals surface area contributed by atoms with Crippen LogP contribution >= 0.6 is 0 Å². The molecule has 120 valence electrons. The second kappa shape index (κ2) is 8.89. The lowest BCUT2D eigenvalue weighted by atomic mass is 10.1. The van der Waals surface area contributed by atoms with E-state index in [0.29, 0.717) is 18.5 Å². The van der Waals surface area contributed by atoms with Crippen LogP contribution in [0.4, 0.5) is 4.39 Å². The number of carbonyl (C=O) groups is 1. The van der Waals surface area contributed by atoms with Crippen molar-refractivity contribution in [1.82, 2.24) is 5.32 Å². The molecule has 1 amide bonds. The van der Waals surface area contributed by atoms with E-state index < -0.39 is 0 Å². The number of hydrogen-bond donors (Lipinski definition) is 1. The molecule has 0 bridgehead atoms. The predicted octanol–water partition coefficient (Wildman–Crippen LogP) is 4.06. The third kappa shape index (κ3) is 6.07. The van der Waals surface area contributed by atoms with Crippen LogP contribution in [0.15, 0.2) is 66.2 Å². The zero-order valence-corrected chi connectivity index (χ0v) is 13.4. The Morgan fingerprint density at radius 2 is 1.74 bits per heavy atom. The van der Waals surface area contributed by atoms with Gasteiger partial charge >= 0.3 is 0 Å². The normalized spacial score (nSPS) is 11.3. The minimum atomic E-state index is -0.226. The SMILES string of the molecule is C/C(=C/C(=O)NCCc1ccccc1F)CCc1ccccc1. The van der Waals surface area contributed by atoms with Crippen LogP contribution < -0.4 is 5.32 Å². The number of carbonyl (C=O) groups excluding carboxylic acids is 1. The van der Waals surface area contributed by atoms with E-state index in [4.69, 9.17) is 0 Å². The molecule has 0 aliphatic heterocycles. The first kappa shape index (κ1) is 16.9. The summed E-state index contributed by atoms with van der Waals surface area (Å²) in [6, 6.07) is 16.8. The van der Waals surface area contributed by atoms with Crippen molar-refractivity contribution in [2.75, 3.05) is 6.54 Å². The summed E-state index contributed by atoms with van der Waals surface area (Å²) in [6.45, 7) is 2.39. The van der Waals surface area contributed by atoms with Gasteiger partial charge < -0.3 is 5.32 Å². The van der Waals surface area contributed by atoms with Crippen molar-refractivity contribution in [3.63, 3.8) is 0 Å². The molecule has 3 heteroatoms. The van der Waals surface area contributed by atoms with E-state index in [0.717, 1.165) is 18.4 Å². The Morgan fingerprint density at radius 3 is 2.48 bits per heavy atom. The third-order valence-electron chi connectivity index (χ3n) is 3.68. The summed E-state index contributed by atoms with van der Waals surface area (Å²) >= 11 is 0. The van der Waals surface area contributed by atoms with Crippen LogP contribution in [0.1, 0.15) is 24.5 Å². The number of benzene rings is 2. The molecule has 1 N–H and O–H groups in total. The number of allylic oxidation sites excluding steroid dienone is 1. The lowest BCUT2D eigenvalue weighted by Gasteiger charge is -2.05. The van der Waals surface area contributed by atoms with Crippen LogP contribution in [-0.4, -0.2) is 12.5 Å². The van der Waals surface area contributed by atoms with Crippen molar-refractivity contribution in [2.24, 2.45) is 0 Å². The van der Waals surface area contributed by atoms with Gasteiger partial charge in [0.2, 0.25) is 5.91 Å². The molecule has 0 aliphatic carbocycles. The lowest BCUT2D eigenvalue weighted by Crippen LogP contribution is -2.24. The number of halogens is 1. The van der Waals surface area contributed by atoms with E-state index in [9.17, 15) is 9.18 Å². The Hall–Kier alpha value is -2.42. The molecule has 0 heterocycles. The Kier molecular flexibility index (Phi) is 6.55. The molecule has 0 saturated heterocycles.